The van der Waals surface area contributed by atoms with Crippen LogP contribution in [0.25, 0.3) is 0 Å². The van der Waals surface area contributed by atoms with E-state index in [1.165, 1.54) is 0 Å². The number of hydrogen-bond donors (Lipinski definition) is 2. The zero-order valence-corrected chi connectivity index (χ0v) is 13.5. The van der Waals surface area contributed by atoms with E-state index in [1.54, 1.807) is 6.07 Å². The van der Waals surface area contributed by atoms with Crippen molar-refractivity contribution in [1.29, 1.82) is 5.26 Å². The molecular weight excluding hydrogens is 374 g/mol. The van der Waals surface area contributed by atoms with E-state index in [1.807, 2.05) is 6.07 Å². The standard InChI is InChI=1S/C13H15Br2N3O/c14-9-7-10(13(19)11(15)8-9)12(1-2-16)18-5-3-17-4-6-18/h7-8,12,17,19H,1,3-6H2/t12-/m1/s1. The Bertz CT molecular complexity index is 495. The Hall–Kier alpha value is -0.610. The molecule has 1 aromatic rings. The van der Waals surface area contributed by atoms with Crippen molar-refractivity contribution in [2.24, 2.45) is 0 Å². The Kier molecular flexibility index (Phi) is 5.22. The number of nitrogens with zero attached hydrogens (tertiary/aromatic N) is 2. The van der Waals surface area contributed by atoms with Crippen LogP contribution in [0.5, 0.6) is 5.75 Å². The van der Waals surface area contributed by atoms with E-state index in [4.69, 9.17) is 5.26 Å². The van der Waals surface area contributed by atoms with E-state index < -0.39 is 0 Å². The van der Waals surface area contributed by atoms with Gasteiger partial charge in [-0.15, -0.1) is 0 Å². The van der Waals surface area contributed by atoms with Crippen molar-refractivity contribution in [1.82, 2.24) is 10.2 Å². The molecule has 0 aliphatic carbocycles. The van der Waals surface area contributed by atoms with Crippen LogP contribution in [-0.2, 0) is 0 Å². The molecule has 1 aliphatic rings. The summed E-state index contributed by atoms with van der Waals surface area (Å²) in [6.45, 7) is 3.60. The van der Waals surface area contributed by atoms with E-state index in [9.17, 15) is 5.11 Å². The second kappa shape index (κ2) is 6.71. The average molecular weight is 389 g/mol. The first-order chi connectivity index (χ1) is 9.13. The molecule has 1 aliphatic heterocycles. The van der Waals surface area contributed by atoms with Crippen molar-refractivity contribution in [2.45, 2.75) is 12.5 Å². The topological polar surface area (TPSA) is 59.3 Å². The van der Waals surface area contributed by atoms with E-state index in [0.29, 0.717) is 10.9 Å². The number of piperazine rings is 1. The van der Waals surface area contributed by atoms with Gasteiger partial charge in [0.1, 0.15) is 5.75 Å². The first-order valence-electron chi connectivity index (χ1n) is 6.13. The zero-order chi connectivity index (χ0) is 13.8. The monoisotopic (exact) mass is 387 g/mol. The predicted molar refractivity (Wildman–Crippen MR) is 80.9 cm³/mol. The van der Waals surface area contributed by atoms with E-state index >= 15 is 0 Å². The zero-order valence-electron chi connectivity index (χ0n) is 10.4. The van der Waals surface area contributed by atoms with Gasteiger partial charge in [-0.1, -0.05) is 15.9 Å². The van der Waals surface area contributed by atoms with Crippen LogP contribution in [0.1, 0.15) is 18.0 Å². The van der Waals surface area contributed by atoms with Crippen LogP contribution in [0.15, 0.2) is 21.1 Å². The third-order valence-corrected chi connectivity index (χ3v) is 4.36. The lowest BCUT2D eigenvalue weighted by atomic mass is 10.0. The van der Waals surface area contributed by atoms with Crippen molar-refractivity contribution in [3.05, 3.63) is 26.6 Å². The summed E-state index contributed by atoms with van der Waals surface area (Å²) < 4.78 is 1.54. The number of aromatic hydroxyl groups is 1. The molecule has 0 spiro atoms. The number of nitrogens with one attached hydrogen (secondary N) is 1. The van der Waals surface area contributed by atoms with Gasteiger partial charge in [-0.3, -0.25) is 4.90 Å². The minimum Gasteiger partial charge on any atom is -0.506 e. The van der Waals surface area contributed by atoms with Crippen molar-refractivity contribution in [3.8, 4) is 11.8 Å². The maximum atomic E-state index is 10.2. The molecule has 1 heterocycles. The summed E-state index contributed by atoms with van der Waals surface area (Å²) in [6.07, 6.45) is 0.371. The second-order valence-corrected chi connectivity index (χ2v) is 6.26. The van der Waals surface area contributed by atoms with Gasteiger partial charge < -0.3 is 10.4 Å². The fourth-order valence-electron chi connectivity index (χ4n) is 2.36. The number of halogens is 2. The summed E-state index contributed by atoms with van der Waals surface area (Å²) in [5, 5.41) is 22.6. The Balaban J connectivity index is 2.35. The average Bonchev–Trinajstić information content (AvgIpc) is 2.41. The summed E-state index contributed by atoms with van der Waals surface area (Å²) in [5.41, 5.74) is 0.796. The number of hydrogen-bond acceptors (Lipinski definition) is 4. The molecule has 1 atom stereocenters. The van der Waals surface area contributed by atoms with Crippen LogP contribution >= 0.6 is 31.9 Å². The second-order valence-electron chi connectivity index (χ2n) is 4.49. The molecule has 0 radical (unpaired) electrons. The van der Waals surface area contributed by atoms with Gasteiger partial charge in [-0.25, -0.2) is 0 Å². The van der Waals surface area contributed by atoms with E-state index in [0.717, 1.165) is 36.2 Å². The molecule has 1 saturated heterocycles. The molecule has 0 aromatic heterocycles. The number of rotatable bonds is 3. The van der Waals surface area contributed by atoms with Gasteiger partial charge >= 0.3 is 0 Å². The molecule has 102 valence electrons. The summed E-state index contributed by atoms with van der Waals surface area (Å²) in [6, 6.07) is 5.86. The van der Waals surface area contributed by atoms with Crippen LogP contribution in [0, 0.1) is 11.3 Å². The maximum Gasteiger partial charge on any atom is 0.134 e. The van der Waals surface area contributed by atoms with Gasteiger partial charge in [-0.2, -0.15) is 5.26 Å². The lowest BCUT2D eigenvalue weighted by Gasteiger charge is -2.34. The van der Waals surface area contributed by atoms with Crippen molar-refractivity contribution >= 4 is 31.9 Å². The van der Waals surface area contributed by atoms with Gasteiger partial charge in [0.25, 0.3) is 0 Å². The molecule has 1 fully saturated rings. The lowest BCUT2D eigenvalue weighted by Crippen LogP contribution is -2.45. The quantitative estimate of drug-likeness (QED) is 0.835. The minimum atomic E-state index is -0.0686. The molecule has 0 amide bonds. The third kappa shape index (κ3) is 3.48. The van der Waals surface area contributed by atoms with Crippen LogP contribution in [0.2, 0.25) is 0 Å². The van der Waals surface area contributed by atoms with Crippen LogP contribution < -0.4 is 5.32 Å². The first kappa shape index (κ1) is 14.8. The Morgan fingerprint density at radius 2 is 2.05 bits per heavy atom. The van der Waals surface area contributed by atoms with Gasteiger partial charge in [0.15, 0.2) is 0 Å². The largest absolute Gasteiger partial charge is 0.506 e. The molecular formula is C13H15Br2N3O. The van der Waals surface area contributed by atoms with E-state index in [2.05, 4.69) is 48.1 Å². The van der Waals surface area contributed by atoms with Gasteiger partial charge in [0.05, 0.1) is 23.0 Å². The highest BCUT2D eigenvalue weighted by atomic mass is 79.9. The van der Waals surface area contributed by atoms with Gasteiger partial charge in [0, 0.05) is 36.2 Å². The number of phenols is 1. The molecule has 0 bridgehead atoms. The highest BCUT2D eigenvalue weighted by Gasteiger charge is 2.25. The third-order valence-electron chi connectivity index (χ3n) is 3.29. The molecule has 4 nitrogen and oxygen atoms in total. The molecule has 19 heavy (non-hydrogen) atoms. The number of nitriles is 1. The fourth-order valence-corrected chi connectivity index (χ4v) is 3.61. The summed E-state index contributed by atoms with van der Waals surface area (Å²) in [4.78, 5) is 2.24. The SMILES string of the molecule is N#CC[C@H](c1cc(Br)cc(Br)c1O)N1CCNCC1. The predicted octanol–water partition coefficient (Wildman–Crippen LogP) is 2.78. The summed E-state index contributed by atoms with van der Waals surface area (Å²) >= 11 is 6.78. The van der Waals surface area contributed by atoms with Crippen molar-refractivity contribution in [3.63, 3.8) is 0 Å². The Labute approximate surface area is 129 Å². The highest BCUT2D eigenvalue weighted by molar-refractivity contribution is 9.11. The molecule has 6 heteroatoms. The Morgan fingerprint density at radius 3 is 2.68 bits per heavy atom. The minimum absolute atomic E-state index is 0.0686. The van der Waals surface area contributed by atoms with Crippen LogP contribution in [0.4, 0.5) is 0 Å². The number of benzene rings is 1. The Morgan fingerprint density at radius 1 is 1.37 bits per heavy atom. The van der Waals surface area contributed by atoms with Gasteiger partial charge in [-0.05, 0) is 28.1 Å². The lowest BCUT2D eigenvalue weighted by molar-refractivity contribution is 0.173. The van der Waals surface area contributed by atoms with Crippen LogP contribution in [0.3, 0.4) is 0 Å². The van der Waals surface area contributed by atoms with Gasteiger partial charge in [0.2, 0.25) is 0 Å². The maximum absolute atomic E-state index is 10.2. The van der Waals surface area contributed by atoms with Crippen LogP contribution in [-0.4, -0.2) is 36.2 Å². The highest BCUT2D eigenvalue weighted by Crippen LogP contribution is 2.38. The molecule has 1 aromatic carbocycles. The summed E-state index contributed by atoms with van der Waals surface area (Å²) in [5.74, 6) is 0.224. The molecule has 2 rings (SSSR count). The molecule has 2 N–H and O–H groups in total. The fraction of sp³-hybridized carbons (Fsp3) is 0.462. The smallest absolute Gasteiger partial charge is 0.134 e. The normalized spacial score (nSPS) is 17.9. The molecule has 0 unspecified atom stereocenters. The summed E-state index contributed by atoms with van der Waals surface area (Å²) in [7, 11) is 0. The number of phenolic OH excluding ortho intramolecular Hbond substituents is 1. The first-order valence-corrected chi connectivity index (χ1v) is 7.71. The van der Waals surface area contributed by atoms with Crippen molar-refractivity contribution < 1.29 is 5.11 Å². The molecule has 0 saturated carbocycles. The van der Waals surface area contributed by atoms with Crippen molar-refractivity contribution in [2.75, 3.05) is 26.2 Å². The van der Waals surface area contributed by atoms with E-state index in [-0.39, 0.29) is 11.8 Å².